The van der Waals surface area contributed by atoms with Gasteiger partial charge < -0.3 is 5.32 Å². The Morgan fingerprint density at radius 3 is 2.30 bits per heavy atom. The fourth-order valence-corrected chi connectivity index (χ4v) is 4.58. The standard InChI is InChI=1S/C27H27N3O2S/c1-19(2)28-25(31)22-13-14-23-24(17-22)29-27(33-18-21-11-7-4-8-12-21)30(26(23)32)16-15-20-9-5-3-6-10-20/h3-14,17,19H,15-16,18H2,1-2H3,(H,28,31). The predicted molar refractivity (Wildman–Crippen MR) is 135 cm³/mol. The third-order valence-electron chi connectivity index (χ3n) is 5.28. The SMILES string of the molecule is CC(C)NC(=O)c1ccc2c(=O)n(CCc3ccccc3)c(SCc3ccccc3)nc2c1. The Morgan fingerprint density at radius 2 is 1.64 bits per heavy atom. The van der Waals surface area contributed by atoms with E-state index in [4.69, 9.17) is 4.98 Å². The van der Waals surface area contributed by atoms with Crippen molar-refractivity contribution in [3.05, 3.63) is 106 Å². The van der Waals surface area contributed by atoms with E-state index in [-0.39, 0.29) is 17.5 Å². The highest BCUT2D eigenvalue weighted by atomic mass is 32.2. The molecule has 0 aliphatic rings. The van der Waals surface area contributed by atoms with Crippen LogP contribution in [-0.4, -0.2) is 21.5 Å². The normalized spacial score (nSPS) is 11.1. The summed E-state index contributed by atoms with van der Waals surface area (Å²) in [5.41, 5.74) is 3.30. The first-order valence-electron chi connectivity index (χ1n) is 11.1. The van der Waals surface area contributed by atoms with Gasteiger partial charge in [0, 0.05) is 23.9 Å². The minimum Gasteiger partial charge on any atom is -0.350 e. The van der Waals surface area contributed by atoms with E-state index in [9.17, 15) is 9.59 Å². The maximum absolute atomic E-state index is 13.4. The summed E-state index contributed by atoms with van der Waals surface area (Å²) in [5.74, 6) is 0.540. The highest BCUT2D eigenvalue weighted by molar-refractivity contribution is 7.98. The van der Waals surface area contributed by atoms with Gasteiger partial charge in [-0.15, -0.1) is 0 Å². The van der Waals surface area contributed by atoms with Crippen molar-refractivity contribution in [1.82, 2.24) is 14.9 Å². The molecule has 0 aliphatic heterocycles. The van der Waals surface area contributed by atoms with Crippen LogP contribution in [0, 0.1) is 0 Å². The van der Waals surface area contributed by atoms with Crippen LogP contribution >= 0.6 is 11.8 Å². The number of fused-ring (bicyclic) bond motifs is 1. The molecule has 4 aromatic rings. The van der Waals surface area contributed by atoms with Gasteiger partial charge in [0.15, 0.2) is 5.16 Å². The molecule has 4 rings (SSSR count). The molecular weight excluding hydrogens is 430 g/mol. The third-order valence-corrected chi connectivity index (χ3v) is 6.33. The van der Waals surface area contributed by atoms with Crippen molar-refractivity contribution in [1.29, 1.82) is 0 Å². The topological polar surface area (TPSA) is 64.0 Å². The zero-order valence-electron chi connectivity index (χ0n) is 18.8. The van der Waals surface area contributed by atoms with Crippen molar-refractivity contribution in [2.75, 3.05) is 0 Å². The highest BCUT2D eigenvalue weighted by Crippen LogP contribution is 2.23. The summed E-state index contributed by atoms with van der Waals surface area (Å²) < 4.78 is 1.76. The van der Waals surface area contributed by atoms with Gasteiger partial charge in [-0.1, -0.05) is 72.4 Å². The summed E-state index contributed by atoms with van der Waals surface area (Å²) in [6.07, 6.45) is 0.738. The number of hydrogen-bond donors (Lipinski definition) is 1. The third kappa shape index (κ3) is 5.71. The van der Waals surface area contributed by atoms with Crippen LogP contribution < -0.4 is 10.9 Å². The molecule has 168 valence electrons. The van der Waals surface area contributed by atoms with E-state index < -0.39 is 0 Å². The smallest absolute Gasteiger partial charge is 0.262 e. The average molecular weight is 458 g/mol. The van der Waals surface area contributed by atoms with Crippen LogP contribution in [0.15, 0.2) is 88.8 Å². The number of nitrogens with one attached hydrogen (secondary N) is 1. The van der Waals surface area contributed by atoms with Crippen LogP contribution in [0.5, 0.6) is 0 Å². The quantitative estimate of drug-likeness (QED) is 0.296. The van der Waals surface area contributed by atoms with Gasteiger partial charge in [0.1, 0.15) is 0 Å². The molecule has 0 bridgehead atoms. The zero-order chi connectivity index (χ0) is 23.2. The predicted octanol–water partition coefficient (Wildman–Crippen LogP) is 5.07. The van der Waals surface area contributed by atoms with Crippen molar-refractivity contribution in [3.63, 3.8) is 0 Å². The first-order valence-corrected chi connectivity index (χ1v) is 12.1. The number of benzene rings is 3. The van der Waals surface area contributed by atoms with Crippen molar-refractivity contribution >= 4 is 28.6 Å². The van der Waals surface area contributed by atoms with Gasteiger partial charge in [-0.2, -0.15) is 0 Å². The Balaban J connectivity index is 1.71. The first-order chi connectivity index (χ1) is 16.0. The molecule has 0 saturated heterocycles. The zero-order valence-corrected chi connectivity index (χ0v) is 19.6. The summed E-state index contributed by atoms with van der Waals surface area (Å²) in [6.45, 7) is 4.38. The summed E-state index contributed by atoms with van der Waals surface area (Å²) in [7, 11) is 0. The van der Waals surface area contributed by atoms with Gasteiger partial charge in [0.05, 0.1) is 10.9 Å². The molecule has 3 aromatic carbocycles. The van der Waals surface area contributed by atoms with E-state index >= 15 is 0 Å². The van der Waals surface area contributed by atoms with E-state index in [0.29, 0.717) is 33.9 Å². The molecule has 0 atom stereocenters. The minimum atomic E-state index is -0.166. The summed E-state index contributed by atoms with van der Waals surface area (Å²) in [6, 6.07) is 25.4. The Bertz CT molecular complexity index is 1300. The number of amides is 1. The fraction of sp³-hybridized carbons (Fsp3) is 0.222. The number of aryl methyl sites for hydroxylation is 1. The number of carbonyl (C=O) groups is 1. The van der Waals surface area contributed by atoms with E-state index in [1.54, 1.807) is 34.5 Å². The summed E-state index contributed by atoms with van der Waals surface area (Å²) >= 11 is 1.54. The van der Waals surface area contributed by atoms with Crippen molar-refractivity contribution in [2.45, 2.75) is 43.8 Å². The van der Waals surface area contributed by atoms with E-state index in [1.807, 2.05) is 50.2 Å². The van der Waals surface area contributed by atoms with Gasteiger partial charge in [-0.25, -0.2) is 4.98 Å². The molecule has 0 unspecified atom stereocenters. The van der Waals surface area contributed by atoms with E-state index in [1.165, 1.54) is 5.56 Å². The molecule has 0 aliphatic carbocycles. The molecule has 6 heteroatoms. The molecule has 0 fully saturated rings. The molecule has 33 heavy (non-hydrogen) atoms. The van der Waals surface area contributed by atoms with Crippen LogP contribution in [0.25, 0.3) is 10.9 Å². The van der Waals surface area contributed by atoms with Crippen molar-refractivity contribution in [3.8, 4) is 0 Å². The maximum Gasteiger partial charge on any atom is 0.262 e. The lowest BCUT2D eigenvalue weighted by atomic mass is 10.1. The number of thioether (sulfide) groups is 1. The van der Waals surface area contributed by atoms with E-state index in [2.05, 4.69) is 29.6 Å². The van der Waals surface area contributed by atoms with Crippen LogP contribution in [0.2, 0.25) is 0 Å². The molecule has 1 amide bonds. The second-order valence-electron chi connectivity index (χ2n) is 8.22. The maximum atomic E-state index is 13.4. The Labute approximate surface area is 197 Å². The molecule has 1 heterocycles. The van der Waals surface area contributed by atoms with Gasteiger partial charge in [0.25, 0.3) is 11.5 Å². The number of rotatable bonds is 8. The molecule has 0 radical (unpaired) electrons. The monoisotopic (exact) mass is 457 g/mol. The van der Waals surface area contributed by atoms with Crippen LogP contribution in [0.4, 0.5) is 0 Å². The molecular formula is C27H27N3O2S. The lowest BCUT2D eigenvalue weighted by molar-refractivity contribution is 0.0943. The van der Waals surface area contributed by atoms with Crippen molar-refractivity contribution in [2.24, 2.45) is 0 Å². The second kappa shape index (κ2) is 10.5. The minimum absolute atomic E-state index is 0.0316. The molecule has 0 spiro atoms. The Hall–Kier alpha value is -3.38. The number of hydrogen-bond acceptors (Lipinski definition) is 4. The molecule has 5 nitrogen and oxygen atoms in total. The van der Waals surface area contributed by atoms with Gasteiger partial charge in [0.2, 0.25) is 0 Å². The number of aromatic nitrogens is 2. The Kier molecular flexibility index (Phi) is 7.25. The second-order valence-corrected chi connectivity index (χ2v) is 9.16. The van der Waals surface area contributed by atoms with Crippen molar-refractivity contribution < 1.29 is 4.79 Å². The molecule has 0 saturated carbocycles. The average Bonchev–Trinajstić information content (AvgIpc) is 2.83. The van der Waals surface area contributed by atoms with Crippen LogP contribution in [-0.2, 0) is 18.7 Å². The van der Waals surface area contributed by atoms with Crippen LogP contribution in [0.3, 0.4) is 0 Å². The van der Waals surface area contributed by atoms with Gasteiger partial charge in [-0.05, 0) is 49.6 Å². The molecule has 1 N–H and O–H groups in total. The van der Waals surface area contributed by atoms with E-state index in [0.717, 1.165) is 12.0 Å². The number of nitrogens with zero attached hydrogens (tertiary/aromatic N) is 2. The largest absolute Gasteiger partial charge is 0.350 e. The Morgan fingerprint density at radius 1 is 0.970 bits per heavy atom. The highest BCUT2D eigenvalue weighted by Gasteiger charge is 2.15. The lowest BCUT2D eigenvalue weighted by Gasteiger charge is -2.14. The summed E-state index contributed by atoms with van der Waals surface area (Å²) in [5, 5.41) is 4.08. The lowest BCUT2D eigenvalue weighted by Crippen LogP contribution is -2.30. The van der Waals surface area contributed by atoms with Gasteiger partial charge >= 0.3 is 0 Å². The summed E-state index contributed by atoms with van der Waals surface area (Å²) in [4.78, 5) is 30.8. The number of carbonyl (C=O) groups excluding carboxylic acids is 1. The molecule has 1 aromatic heterocycles. The first kappa shape index (κ1) is 22.8. The van der Waals surface area contributed by atoms with Crippen LogP contribution in [0.1, 0.15) is 35.3 Å². The van der Waals surface area contributed by atoms with Gasteiger partial charge in [-0.3, -0.25) is 14.2 Å². The fourth-order valence-electron chi connectivity index (χ4n) is 3.60.